The molecule has 0 radical (unpaired) electrons. The van der Waals surface area contributed by atoms with E-state index in [1.54, 1.807) is 24.3 Å². The number of halogens is 1. The molecule has 0 bridgehead atoms. The molecule has 0 amide bonds. The van der Waals surface area contributed by atoms with Gasteiger partial charge in [0, 0.05) is 11.4 Å². The van der Waals surface area contributed by atoms with Crippen molar-refractivity contribution in [3.8, 4) is 0 Å². The maximum Gasteiger partial charge on any atom is 0.160 e. The van der Waals surface area contributed by atoms with Crippen molar-refractivity contribution in [2.24, 2.45) is 0 Å². The number of hydrogen-bond donors (Lipinski definition) is 0. The summed E-state index contributed by atoms with van der Waals surface area (Å²) >= 11 is 5.76. The zero-order valence-corrected chi connectivity index (χ0v) is 11.5. The number of sulfone groups is 1. The summed E-state index contributed by atoms with van der Waals surface area (Å²) in [6.45, 7) is 0. The van der Waals surface area contributed by atoms with Gasteiger partial charge in [0.1, 0.15) is 5.25 Å². The highest BCUT2D eigenvalue weighted by Gasteiger charge is 2.34. The third-order valence-electron chi connectivity index (χ3n) is 3.23. The molecule has 1 aliphatic heterocycles. The van der Waals surface area contributed by atoms with Gasteiger partial charge in [0.2, 0.25) is 0 Å². The molecule has 18 heavy (non-hydrogen) atoms. The summed E-state index contributed by atoms with van der Waals surface area (Å²) in [5.41, 5.74) is 0.810. The molecule has 0 saturated carbocycles. The molecular formula is C13H15ClO3S. The van der Waals surface area contributed by atoms with Crippen LogP contribution in [0.4, 0.5) is 0 Å². The van der Waals surface area contributed by atoms with Gasteiger partial charge in [0.05, 0.1) is 5.75 Å². The monoisotopic (exact) mass is 286 g/mol. The summed E-state index contributed by atoms with van der Waals surface area (Å²) in [6.07, 6.45) is 2.12. The largest absolute Gasteiger partial charge is 0.298 e. The van der Waals surface area contributed by atoms with E-state index in [1.165, 1.54) is 0 Å². The van der Waals surface area contributed by atoms with Gasteiger partial charge in [0.15, 0.2) is 15.6 Å². The van der Waals surface area contributed by atoms with Gasteiger partial charge in [-0.3, -0.25) is 4.79 Å². The second-order valence-electron chi connectivity index (χ2n) is 4.62. The summed E-state index contributed by atoms with van der Waals surface area (Å²) < 4.78 is 23.7. The lowest BCUT2D eigenvalue weighted by molar-refractivity contribution is -0.118. The van der Waals surface area contributed by atoms with Crippen LogP contribution in [0.25, 0.3) is 0 Å². The van der Waals surface area contributed by atoms with Crippen molar-refractivity contribution in [1.29, 1.82) is 0 Å². The van der Waals surface area contributed by atoms with Crippen LogP contribution in [0.2, 0.25) is 5.02 Å². The van der Waals surface area contributed by atoms with Crippen LogP contribution >= 0.6 is 11.6 Å². The second kappa shape index (κ2) is 5.41. The average molecular weight is 287 g/mol. The topological polar surface area (TPSA) is 51.2 Å². The van der Waals surface area contributed by atoms with Crippen LogP contribution in [0, 0.1) is 0 Å². The van der Waals surface area contributed by atoms with Crippen LogP contribution in [0.15, 0.2) is 24.3 Å². The molecule has 1 fully saturated rings. The lowest BCUT2D eigenvalue weighted by atomic mass is 10.0. The van der Waals surface area contributed by atoms with Gasteiger partial charge in [-0.1, -0.05) is 30.2 Å². The summed E-state index contributed by atoms with van der Waals surface area (Å²) in [5.74, 6) is -0.0543. The van der Waals surface area contributed by atoms with Crippen LogP contribution in [-0.2, 0) is 21.1 Å². The van der Waals surface area contributed by atoms with Crippen LogP contribution in [0.3, 0.4) is 0 Å². The molecule has 1 aromatic carbocycles. The number of rotatable bonds is 3. The molecule has 0 aliphatic carbocycles. The smallest absolute Gasteiger partial charge is 0.160 e. The Hall–Kier alpha value is -0.870. The fraction of sp³-hybridized carbons (Fsp3) is 0.462. The van der Waals surface area contributed by atoms with E-state index >= 15 is 0 Å². The number of hydrogen-bond acceptors (Lipinski definition) is 3. The van der Waals surface area contributed by atoms with E-state index in [0.29, 0.717) is 17.9 Å². The van der Waals surface area contributed by atoms with Gasteiger partial charge in [0.25, 0.3) is 0 Å². The van der Waals surface area contributed by atoms with Crippen molar-refractivity contribution >= 4 is 27.2 Å². The fourth-order valence-corrected chi connectivity index (χ4v) is 4.26. The maximum absolute atomic E-state index is 12.1. The quantitative estimate of drug-likeness (QED) is 0.857. The number of carbonyl (C=O) groups is 1. The van der Waals surface area contributed by atoms with Crippen LogP contribution < -0.4 is 0 Å². The summed E-state index contributed by atoms with van der Waals surface area (Å²) in [7, 11) is -3.23. The molecule has 0 aromatic heterocycles. The zero-order valence-electron chi connectivity index (χ0n) is 9.93. The Bertz CT molecular complexity index is 534. The highest BCUT2D eigenvalue weighted by atomic mass is 35.5. The van der Waals surface area contributed by atoms with Gasteiger partial charge in [-0.2, -0.15) is 0 Å². The molecule has 5 heteroatoms. The molecule has 1 atom stereocenters. The summed E-state index contributed by atoms with van der Waals surface area (Å²) in [4.78, 5) is 12.1. The summed E-state index contributed by atoms with van der Waals surface area (Å²) in [5, 5.41) is -0.196. The van der Waals surface area contributed by atoms with Crippen molar-refractivity contribution in [2.75, 3.05) is 5.75 Å². The first-order valence-electron chi connectivity index (χ1n) is 5.98. The van der Waals surface area contributed by atoms with Gasteiger partial charge in [-0.25, -0.2) is 8.42 Å². The van der Waals surface area contributed by atoms with Gasteiger partial charge < -0.3 is 0 Å². The van der Waals surface area contributed by atoms with Crippen molar-refractivity contribution < 1.29 is 13.2 Å². The SMILES string of the molecule is O=C(Cc1ccc(Cl)cc1)C1CCCCS1(=O)=O. The molecule has 1 heterocycles. The lowest BCUT2D eigenvalue weighted by Crippen LogP contribution is -2.36. The molecule has 0 N–H and O–H groups in total. The minimum absolute atomic E-state index is 0.143. The van der Waals surface area contributed by atoms with Gasteiger partial charge in [-0.15, -0.1) is 0 Å². The highest BCUT2D eigenvalue weighted by Crippen LogP contribution is 2.22. The maximum atomic E-state index is 12.1. The number of carbonyl (C=O) groups excluding carboxylic acids is 1. The molecule has 3 nitrogen and oxygen atoms in total. The van der Waals surface area contributed by atoms with Crippen molar-refractivity contribution in [3.05, 3.63) is 34.9 Å². The molecule has 1 unspecified atom stereocenters. The Balaban J connectivity index is 2.10. The Morgan fingerprint density at radius 1 is 1.22 bits per heavy atom. The lowest BCUT2D eigenvalue weighted by Gasteiger charge is -2.20. The van der Waals surface area contributed by atoms with E-state index < -0.39 is 15.1 Å². The third-order valence-corrected chi connectivity index (χ3v) is 5.70. The number of benzene rings is 1. The average Bonchev–Trinajstić information content (AvgIpc) is 2.31. The summed E-state index contributed by atoms with van der Waals surface area (Å²) in [6, 6.07) is 6.93. The van der Waals surface area contributed by atoms with Crippen LogP contribution in [-0.4, -0.2) is 25.2 Å². The van der Waals surface area contributed by atoms with E-state index in [0.717, 1.165) is 12.0 Å². The van der Waals surface area contributed by atoms with E-state index in [2.05, 4.69) is 0 Å². The predicted molar refractivity (Wildman–Crippen MR) is 71.6 cm³/mol. The number of ketones is 1. The Kier molecular flexibility index (Phi) is 4.07. The van der Waals surface area contributed by atoms with Crippen LogP contribution in [0.1, 0.15) is 24.8 Å². The minimum atomic E-state index is -3.23. The van der Waals surface area contributed by atoms with Gasteiger partial charge in [-0.05, 0) is 30.5 Å². The fourth-order valence-electron chi connectivity index (χ4n) is 2.23. The Morgan fingerprint density at radius 2 is 1.89 bits per heavy atom. The molecule has 0 spiro atoms. The standard InChI is InChI=1S/C13H15ClO3S/c14-11-6-4-10(5-7-11)9-12(15)13-3-1-2-8-18(13,16)17/h4-7,13H,1-3,8-9H2. The van der Waals surface area contributed by atoms with E-state index in [4.69, 9.17) is 11.6 Å². The zero-order chi connectivity index (χ0) is 13.2. The Morgan fingerprint density at radius 3 is 2.50 bits per heavy atom. The molecule has 2 rings (SSSR count). The highest BCUT2D eigenvalue weighted by molar-refractivity contribution is 7.92. The first-order valence-corrected chi connectivity index (χ1v) is 8.07. The molecule has 1 saturated heterocycles. The number of Topliss-reactive ketones (excluding diaryl/α,β-unsaturated/α-hetero) is 1. The second-order valence-corrected chi connectivity index (χ2v) is 7.36. The third kappa shape index (κ3) is 3.12. The normalized spacial score (nSPS) is 22.6. The molecule has 98 valence electrons. The van der Waals surface area contributed by atoms with E-state index in [1.807, 2.05) is 0 Å². The van der Waals surface area contributed by atoms with Crippen molar-refractivity contribution in [3.63, 3.8) is 0 Å². The minimum Gasteiger partial charge on any atom is -0.298 e. The van der Waals surface area contributed by atoms with Crippen molar-refractivity contribution in [1.82, 2.24) is 0 Å². The first kappa shape index (κ1) is 13.6. The molecular weight excluding hydrogens is 272 g/mol. The molecule has 1 aromatic rings. The Labute approximate surface area is 112 Å². The van der Waals surface area contributed by atoms with Crippen LogP contribution in [0.5, 0.6) is 0 Å². The van der Waals surface area contributed by atoms with Gasteiger partial charge >= 0.3 is 0 Å². The predicted octanol–water partition coefficient (Wildman–Crippen LogP) is 2.42. The van der Waals surface area contributed by atoms with Crippen molar-refractivity contribution in [2.45, 2.75) is 30.9 Å². The van der Waals surface area contributed by atoms with E-state index in [9.17, 15) is 13.2 Å². The molecule has 1 aliphatic rings. The van der Waals surface area contributed by atoms with E-state index in [-0.39, 0.29) is 18.0 Å². The first-order chi connectivity index (χ1) is 8.49.